The fraction of sp³-hybridized carbons (Fsp3) is 0.649. The molecule has 6 amide bonds. The van der Waals surface area contributed by atoms with Crippen LogP contribution in [0.4, 0.5) is 0 Å². The second kappa shape index (κ2) is 25.3. The van der Waals surface area contributed by atoms with Crippen LogP contribution in [-0.2, 0) is 40.0 Å². The highest BCUT2D eigenvalue weighted by atomic mass is 16.4. The summed E-state index contributed by atoms with van der Waals surface area (Å²) >= 11 is 0. The summed E-state index contributed by atoms with van der Waals surface area (Å²) < 4.78 is 0. The molecule has 0 saturated carbocycles. The van der Waals surface area contributed by atoms with Gasteiger partial charge >= 0.3 is 5.97 Å². The number of amides is 6. The van der Waals surface area contributed by atoms with Gasteiger partial charge < -0.3 is 59.7 Å². The summed E-state index contributed by atoms with van der Waals surface area (Å²) in [6, 6.07) is -0.782. The Kier molecular flexibility index (Phi) is 22.2. The third-order valence-corrected chi connectivity index (χ3v) is 8.77. The molecule has 0 aliphatic heterocycles. The van der Waals surface area contributed by atoms with Crippen molar-refractivity contribution in [1.29, 1.82) is 0 Å². The molecule has 0 fully saturated rings. The summed E-state index contributed by atoms with van der Waals surface area (Å²) in [7, 11) is 0. The van der Waals surface area contributed by atoms with Crippen molar-refractivity contribution in [1.82, 2.24) is 26.6 Å². The third kappa shape index (κ3) is 18.9. The van der Waals surface area contributed by atoms with E-state index in [0.29, 0.717) is 44.3 Å². The maximum Gasteiger partial charge on any atom is 0.326 e. The highest BCUT2D eigenvalue weighted by molar-refractivity contribution is 5.96. The topological polar surface area (TPSA) is 324 Å². The molecule has 6 atom stereocenters. The van der Waals surface area contributed by atoms with E-state index in [-0.39, 0.29) is 50.2 Å². The van der Waals surface area contributed by atoms with Crippen molar-refractivity contribution in [2.75, 3.05) is 13.1 Å². The zero-order valence-corrected chi connectivity index (χ0v) is 32.5. The molecule has 0 aliphatic carbocycles. The van der Waals surface area contributed by atoms with E-state index in [4.69, 9.17) is 22.9 Å². The number of rotatable bonds is 27. The summed E-state index contributed by atoms with van der Waals surface area (Å²) in [6.07, 6.45) is 2.09. The van der Waals surface area contributed by atoms with Crippen molar-refractivity contribution >= 4 is 41.4 Å². The smallest absolute Gasteiger partial charge is 0.326 e. The zero-order valence-electron chi connectivity index (χ0n) is 32.5. The number of nitrogens with one attached hydrogen (secondary N) is 5. The molecule has 0 heterocycles. The van der Waals surface area contributed by atoms with Gasteiger partial charge in [0.15, 0.2) is 0 Å². The van der Waals surface area contributed by atoms with Gasteiger partial charge in [0.1, 0.15) is 36.0 Å². The Bertz CT molecular complexity index is 1410. The molecule has 310 valence electrons. The molecule has 0 saturated heterocycles. The number of unbranched alkanes of at least 4 members (excludes halogenated alkanes) is 2. The minimum atomic E-state index is -1.44. The van der Waals surface area contributed by atoms with Gasteiger partial charge in [-0.25, -0.2) is 4.79 Å². The predicted molar refractivity (Wildman–Crippen MR) is 206 cm³/mol. The monoisotopic (exact) mass is 777 g/mol. The average Bonchev–Trinajstić information content (AvgIpc) is 3.11. The first-order valence-electron chi connectivity index (χ1n) is 18.9. The van der Waals surface area contributed by atoms with Crippen LogP contribution in [0, 0.1) is 11.8 Å². The molecule has 0 aromatic heterocycles. The number of aliphatic carboxylic acids is 1. The van der Waals surface area contributed by atoms with Gasteiger partial charge in [0.05, 0.1) is 6.04 Å². The SMILES string of the molecule is CC(C)C[C@H](NC(=O)[C@@H](NC(=O)[C@H](CCCCN)NC(=O)[C@@H](N)Cc1ccc(O)cc1)C(C)C)C(=O)N[C@@H](CCCCN)C(=O)N[C@@H](CCC(N)=O)C(=O)O. The number of carbonyl (C=O) groups is 7. The molecule has 0 aliphatic rings. The molecular formula is C37H63N9O9. The third-order valence-electron chi connectivity index (χ3n) is 8.77. The van der Waals surface area contributed by atoms with Crippen molar-refractivity contribution in [2.24, 2.45) is 34.8 Å². The van der Waals surface area contributed by atoms with E-state index >= 15 is 0 Å². The van der Waals surface area contributed by atoms with E-state index < -0.39 is 83.6 Å². The fourth-order valence-electron chi connectivity index (χ4n) is 5.62. The number of aromatic hydroxyl groups is 1. The van der Waals surface area contributed by atoms with Crippen molar-refractivity contribution in [2.45, 2.75) is 128 Å². The Morgan fingerprint density at radius 1 is 0.636 bits per heavy atom. The number of primary amides is 1. The molecule has 55 heavy (non-hydrogen) atoms. The van der Waals surface area contributed by atoms with Crippen LogP contribution in [0.1, 0.15) is 91.0 Å². The number of carbonyl (C=O) groups excluding carboxylic acids is 6. The van der Waals surface area contributed by atoms with Crippen LogP contribution in [0.15, 0.2) is 24.3 Å². The minimum absolute atomic E-state index is 0.0640. The second-order valence-electron chi connectivity index (χ2n) is 14.5. The number of nitrogens with two attached hydrogens (primary N) is 4. The first kappa shape index (κ1) is 48.2. The van der Waals surface area contributed by atoms with Gasteiger partial charge in [0, 0.05) is 6.42 Å². The van der Waals surface area contributed by atoms with Gasteiger partial charge in [-0.2, -0.15) is 0 Å². The first-order chi connectivity index (χ1) is 25.9. The number of hydrogen-bond acceptors (Lipinski definition) is 11. The minimum Gasteiger partial charge on any atom is -0.508 e. The Balaban J connectivity index is 3.19. The van der Waals surface area contributed by atoms with Crippen molar-refractivity contribution in [3.05, 3.63) is 29.8 Å². The molecule has 0 radical (unpaired) electrons. The summed E-state index contributed by atoms with van der Waals surface area (Å²) in [4.78, 5) is 90.6. The van der Waals surface area contributed by atoms with Gasteiger partial charge in [-0.3, -0.25) is 28.8 Å². The summed E-state index contributed by atoms with van der Waals surface area (Å²) in [5.41, 5.74) is 23.3. The largest absolute Gasteiger partial charge is 0.508 e. The van der Waals surface area contributed by atoms with Crippen LogP contribution in [-0.4, -0.2) is 101 Å². The molecule has 18 heteroatoms. The van der Waals surface area contributed by atoms with Crippen molar-refractivity contribution < 1.29 is 43.8 Å². The molecule has 18 nitrogen and oxygen atoms in total. The van der Waals surface area contributed by atoms with Gasteiger partial charge in [0.2, 0.25) is 35.4 Å². The summed E-state index contributed by atoms with van der Waals surface area (Å²) in [6.45, 7) is 7.74. The van der Waals surface area contributed by atoms with E-state index in [9.17, 15) is 43.8 Å². The van der Waals surface area contributed by atoms with Crippen molar-refractivity contribution in [3.8, 4) is 5.75 Å². The van der Waals surface area contributed by atoms with E-state index in [1.807, 2.05) is 13.8 Å². The number of carboxylic acid groups (broad SMARTS) is 1. The highest BCUT2D eigenvalue weighted by Gasteiger charge is 2.34. The van der Waals surface area contributed by atoms with Gasteiger partial charge in [0.25, 0.3) is 0 Å². The van der Waals surface area contributed by atoms with Crippen LogP contribution in [0.3, 0.4) is 0 Å². The second-order valence-corrected chi connectivity index (χ2v) is 14.5. The number of phenolic OH excluding ortho intramolecular Hbond substituents is 1. The standard InChI is InChI=1S/C37H63N9O9/c1-21(2)19-29(35(52)43-26(9-5-7-17-38)33(50)44-28(37(54)55)15-16-30(41)48)45-36(53)31(22(3)4)46-34(51)27(10-6-8-18-39)42-32(49)25(40)20-23-11-13-24(47)14-12-23/h11-14,21-22,25-29,31,47H,5-10,15-20,38-40H2,1-4H3,(H2,41,48)(H,42,49)(H,43,52)(H,44,50)(H,45,53)(H,46,51)(H,54,55)/t25-,26-,27-,28-,29-,31-/m0/s1. The quantitative estimate of drug-likeness (QED) is 0.0479. The molecular weight excluding hydrogens is 714 g/mol. The Morgan fingerprint density at radius 2 is 1.11 bits per heavy atom. The number of carboxylic acids is 1. The van der Waals surface area contributed by atoms with Gasteiger partial charge in [-0.05, 0) is 100 Å². The van der Waals surface area contributed by atoms with E-state index in [1.165, 1.54) is 12.1 Å². The molecule has 1 aromatic carbocycles. The molecule has 0 unspecified atom stereocenters. The Hall–Kier alpha value is -4.81. The Labute approximate surface area is 323 Å². The molecule has 1 rings (SSSR count). The fourth-order valence-corrected chi connectivity index (χ4v) is 5.62. The lowest BCUT2D eigenvalue weighted by Gasteiger charge is -2.29. The lowest BCUT2D eigenvalue weighted by Crippen LogP contribution is -2.60. The lowest BCUT2D eigenvalue weighted by molar-refractivity contribution is -0.142. The van der Waals surface area contributed by atoms with Crippen LogP contribution < -0.4 is 49.5 Å². The molecule has 1 aromatic rings. The molecule has 0 bridgehead atoms. The predicted octanol–water partition coefficient (Wildman–Crippen LogP) is -1.00. The van der Waals surface area contributed by atoms with E-state index in [1.54, 1.807) is 26.0 Å². The van der Waals surface area contributed by atoms with E-state index in [0.717, 1.165) is 0 Å². The lowest BCUT2D eigenvalue weighted by atomic mass is 9.98. The summed E-state index contributed by atoms with van der Waals surface area (Å²) in [5.74, 6) is -6.04. The highest BCUT2D eigenvalue weighted by Crippen LogP contribution is 2.13. The van der Waals surface area contributed by atoms with Crippen molar-refractivity contribution in [3.63, 3.8) is 0 Å². The number of phenols is 1. The van der Waals surface area contributed by atoms with Gasteiger partial charge in [-0.1, -0.05) is 39.8 Å². The van der Waals surface area contributed by atoms with Crippen LogP contribution in [0.5, 0.6) is 5.75 Å². The Morgan fingerprint density at radius 3 is 1.58 bits per heavy atom. The number of hydrogen-bond donors (Lipinski definition) is 11. The molecule has 15 N–H and O–H groups in total. The van der Waals surface area contributed by atoms with Crippen LogP contribution in [0.25, 0.3) is 0 Å². The summed E-state index contributed by atoms with van der Waals surface area (Å²) in [5, 5.41) is 32.3. The zero-order chi connectivity index (χ0) is 41.7. The van der Waals surface area contributed by atoms with Crippen LogP contribution in [0.2, 0.25) is 0 Å². The number of benzene rings is 1. The van der Waals surface area contributed by atoms with Crippen LogP contribution >= 0.6 is 0 Å². The normalized spacial score (nSPS) is 14.5. The maximum absolute atomic E-state index is 13.8. The maximum atomic E-state index is 13.8. The average molecular weight is 778 g/mol. The van der Waals surface area contributed by atoms with Gasteiger partial charge in [-0.15, -0.1) is 0 Å². The van der Waals surface area contributed by atoms with E-state index in [2.05, 4.69) is 26.6 Å². The molecule has 0 spiro atoms. The first-order valence-corrected chi connectivity index (χ1v) is 18.9.